The van der Waals surface area contributed by atoms with Crippen LogP contribution in [0.3, 0.4) is 0 Å². The molecular formula is C26H31N3O3. The van der Waals surface area contributed by atoms with E-state index in [2.05, 4.69) is 22.5 Å². The number of fused-ring (bicyclic) bond motifs is 1. The Hall–Kier alpha value is -3.54. The molecule has 0 spiro atoms. The van der Waals surface area contributed by atoms with Crippen molar-refractivity contribution in [2.75, 3.05) is 20.3 Å². The Bertz CT molecular complexity index is 1090. The largest absolute Gasteiger partial charge is 0.493 e. The Morgan fingerprint density at radius 3 is 2.84 bits per heavy atom. The first kappa shape index (κ1) is 23.1. The van der Waals surface area contributed by atoms with Crippen molar-refractivity contribution in [2.24, 2.45) is 0 Å². The molecule has 6 nitrogen and oxygen atoms in total. The van der Waals surface area contributed by atoms with Gasteiger partial charge >= 0.3 is 0 Å². The molecule has 1 amide bonds. The number of nitrogens with one attached hydrogen (secondary N) is 1. The number of benzene rings is 2. The number of carbonyl (C=O) groups excluding carboxylic acids is 1. The molecule has 0 bridgehead atoms. The number of aryl methyl sites for hydroxylation is 1. The standard InChI is InChI=1S/C26H31N3O3/c1-4-9-20-13-14-23(24(19-20)31-3)32-18-8-17-29-22-12-7-6-11-21(22)28-25(29)15-16-27-26(30)10-5-2/h4-7,10-14,19H,1,8-9,15-18H2,2-3H3,(H,27,30)/b10-5+. The summed E-state index contributed by atoms with van der Waals surface area (Å²) < 4.78 is 13.7. The number of hydrogen-bond acceptors (Lipinski definition) is 4. The van der Waals surface area contributed by atoms with Crippen LogP contribution < -0.4 is 14.8 Å². The quantitative estimate of drug-likeness (QED) is 0.260. The number of nitrogens with zero attached hydrogens (tertiary/aromatic N) is 2. The zero-order valence-electron chi connectivity index (χ0n) is 18.8. The molecule has 0 aliphatic carbocycles. The van der Waals surface area contributed by atoms with Crippen molar-refractivity contribution in [2.45, 2.75) is 32.7 Å². The van der Waals surface area contributed by atoms with Crippen molar-refractivity contribution in [1.29, 1.82) is 0 Å². The van der Waals surface area contributed by atoms with Gasteiger partial charge in [0.1, 0.15) is 5.82 Å². The van der Waals surface area contributed by atoms with Crippen LogP contribution in [0.25, 0.3) is 11.0 Å². The highest BCUT2D eigenvalue weighted by molar-refractivity contribution is 5.87. The normalized spacial score (nSPS) is 11.1. The van der Waals surface area contributed by atoms with Gasteiger partial charge in [0.15, 0.2) is 11.5 Å². The molecule has 1 N–H and O–H groups in total. The zero-order valence-corrected chi connectivity index (χ0v) is 18.8. The highest BCUT2D eigenvalue weighted by Crippen LogP contribution is 2.28. The fraction of sp³-hybridized carbons (Fsp3) is 0.308. The van der Waals surface area contributed by atoms with Crippen LogP contribution in [0.15, 0.2) is 67.3 Å². The van der Waals surface area contributed by atoms with E-state index in [0.29, 0.717) is 19.6 Å². The second kappa shape index (κ2) is 11.7. The summed E-state index contributed by atoms with van der Waals surface area (Å²) in [4.78, 5) is 16.5. The zero-order chi connectivity index (χ0) is 22.8. The van der Waals surface area contributed by atoms with Crippen LogP contribution in [0, 0.1) is 0 Å². The molecule has 1 heterocycles. The first-order valence-electron chi connectivity index (χ1n) is 10.9. The molecule has 0 aliphatic rings. The minimum absolute atomic E-state index is 0.0865. The van der Waals surface area contributed by atoms with Gasteiger partial charge in [-0.25, -0.2) is 4.98 Å². The Balaban J connectivity index is 1.63. The lowest BCUT2D eigenvalue weighted by molar-refractivity contribution is -0.116. The number of allylic oxidation sites excluding steroid dienone is 2. The van der Waals surface area contributed by atoms with Crippen LogP contribution >= 0.6 is 0 Å². The van der Waals surface area contributed by atoms with Gasteiger partial charge in [0.2, 0.25) is 5.91 Å². The van der Waals surface area contributed by atoms with Gasteiger partial charge in [-0.3, -0.25) is 4.79 Å². The molecule has 6 heteroatoms. The highest BCUT2D eigenvalue weighted by Gasteiger charge is 2.11. The van der Waals surface area contributed by atoms with Crippen molar-refractivity contribution < 1.29 is 14.3 Å². The van der Waals surface area contributed by atoms with Crippen molar-refractivity contribution in [3.05, 3.63) is 78.7 Å². The minimum Gasteiger partial charge on any atom is -0.493 e. The average Bonchev–Trinajstić information content (AvgIpc) is 3.15. The van der Waals surface area contributed by atoms with Gasteiger partial charge in [0.25, 0.3) is 0 Å². The van der Waals surface area contributed by atoms with Crippen LogP contribution in [-0.2, 0) is 24.2 Å². The average molecular weight is 434 g/mol. The van der Waals surface area contributed by atoms with E-state index in [4.69, 9.17) is 14.5 Å². The molecule has 0 aliphatic heterocycles. The lowest BCUT2D eigenvalue weighted by Crippen LogP contribution is -2.24. The molecule has 1 aromatic heterocycles. The lowest BCUT2D eigenvalue weighted by Gasteiger charge is -2.13. The van der Waals surface area contributed by atoms with Crippen LogP contribution in [0.1, 0.15) is 24.7 Å². The molecule has 0 atom stereocenters. The second-order valence-corrected chi connectivity index (χ2v) is 7.39. The fourth-order valence-corrected chi connectivity index (χ4v) is 3.60. The lowest BCUT2D eigenvalue weighted by atomic mass is 10.1. The molecule has 2 aromatic carbocycles. The fourth-order valence-electron chi connectivity index (χ4n) is 3.60. The number of carbonyl (C=O) groups is 1. The van der Waals surface area contributed by atoms with Crippen molar-refractivity contribution >= 4 is 16.9 Å². The summed E-state index contributed by atoms with van der Waals surface area (Å²) in [5.41, 5.74) is 3.19. The van der Waals surface area contributed by atoms with E-state index in [1.807, 2.05) is 49.4 Å². The van der Waals surface area contributed by atoms with E-state index >= 15 is 0 Å². The third kappa shape index (κ3) is 6.00. The van der Waals surface area contributed by atoms with Gasteiger partial charge in [-0.05, 0) is 55.7 Å². The Kier molecular flexibility index (Phi) is 8.49. The number of imidazole rings is 1. The molecular weight excluding hydrogens is 402 g/mol. The maximum atomic E-state index is 11.7. The predicted molar refractivity (Wildman–Crippen MR) is 128 cm³/mol. The minimum atomic E-state index is -0.0865. The van der Waals surface area contributed by atoms with Gasteiger partial charge in [-0.2, -0.15) is 0 Å². The number of ether oxygens (including phenoxy) is 2. The van der Waals surface area contributed by atoms with E-state index in [0.717, 1.165) is 53.3 Å². The summed E-state index contributed by atoms with van der Waals surface area (Å²) in [6, 6.07) is 14.1. The van der Waals surface area contributed by atoms with E-state index in [1.54, 1.807) is 13.2 Å². The van der Waals surface area contributed by atoms with Gasteiger partial charge in [0.05, 0.1) is 24.8 Å². The van der Waals surface area contributed by atoms with E-state index < -0.39 is 0 Å². The number of hydrogen-bond donors (Lipinski definition) is 1. The van der Waals surface area contributed by atoms with Crippen LogP contribution in [-0.4, -0.2) is 35.7 Å². The second-order valence-electron chi connectivity index (χ2n) is 7.39. The molecule has 32 heavy (non-hydrogen) atoms. The van der Waals surface area contributed by atoms with Gasteiger partial charge in [0, 0.05) is 19.5 Å². The summed E-state index contributed by atoms with van der Waals surface area (Å²) in [6.07, 6.45) is 7.40. The molecule has 0 saturated carbocycles. The number of para-hydroxylation sites is 2. The maximum absolute atomic E-state index is 11.7. The predicted octanol–water partition coefficient (Wildman–Crippen LogP) is 4.48. The van der Waals surface area contributed by atoms with Crippen molar-refractivity contribution in [3.8, 4) is 11.5 Å². The van der Waals surface area contributed by atoms with Crippen molar-refractivity contribution in [1.82, 2.24) is 14.9 Å². The molecule has 168 valence electrons. The van der Waals surface area contributed by atoms with Crippen LogP contribution in [0.5, 0.6) is 11.5 Å². The number of amides is 1. The molecule has 0 unspecified atom stereocenters. The van der Waals surface area contributed by atoms with Gasteiger partial charge in [-0.15, -0.1) is 6.58 Å². The maximum Gasteiger partial charge on any atom is 0.243 e. The summed E-state index contributed by atoms with van der Waals surface area (Å²) in [7, 11) is 1.65. The van der Waals surface area contributed by atoms with Crippen LogP contribution in [0.4, 0.5) is 0 Å². The number of rotatable bonds is 12. The Labute approximate surface area is 189 Å². The van der Waals surface area contributed by atoms with Gasteiger partial charge < -0.3 is 19.4 Å². The van der Waals surface area contributed by atoms with Crippen LogP contribution in [0.2, 0.25) is 0 Å². The Morgan fingerprint density at radius 1 is 1.22 bits per heavy atom. The van der Waals surface area contributed by atoms with Gasteiger partial charge in [-0.1, -0.05) is 30.4 Å². The molecule has 0 radical (unpaired) electrons. The monoisotopic (exact) mass is 433 g/mol. The van der Waals surface area contributed by atoms with E-state index in [-0.39, 0.29) is 5.91 Å². The molecule has 0 fully saturated rings. The summed E-state index contributed by atoms with van der Waals surface area (Å²) in [5.74, 6) is 2.34. The van der Waals surface area contributed by atoms with Crippen molar-refractivity contribution in [3.63, 3.8) is 0 Å². The first-order chi connectivity index (χ1) is 15.7. The van der Waals surface area contributed by atoms with E-state index in [9.17, 15) is 4.79 Å². The first-order valence-corrected chi connectivity index (χ1v) is 10.9. The Morgan fingerprint density at radius 2 is 2.06 bits per heavy atom. The smallest absolute Gasteiger partial charge is 0.243 e. The number of aromatic nitrogens is 2. The summed E-state index contributed by atoms with van der Waals surface area (Å²) >= 11 is 0. The molecule has 3 aromatic rings. The third-order valence-corrected chi connectivity index (χ3v) is 5.09. The topological polar surface area (TPSA) is 65.4 Å². The SMILES string of the molecule is C=CCc1ccc(OCCCn2c(CCNC(=O)/C=C/C)nc3ccccc32)c(OC)c1. The highest BCUT2D eigenvalue weighted by atomic mass is 16.5. The summed E-state index contributed by atoms with van der Waals surface area (Å²) in [5, 5.41) is 2.89. The number of methoxy groups -OCH3 is 1. The van der Waals surface area contributed by atoms with E-state index in [1.165, 1.54) is 6.08 Å². The molecule has 0 saturated heterocycles. The summed E-state index contributed by atoms with van der Waals surface area (Å²) in [6.45, 7) is 7.47. The molecule has 3 rings (SSSR count). The third-order valence-electron chi connectivity index (χ3n) is 5.09.